The van der Waals surface area contributed by atoms with Gasteiger partial charge in [-0.2, -0.15) is 9.78 Å². The summed E-state index contributed by atoms with van der Waals surface area (Å²) in [7, 11) is 0. The minimum atomic E-state index is -0.386. The van der Waals surface area contributed by atoms with Gasteiger partial charge in [0, 0.05) is 17.9 Å². The molecule has 152 valence electrons. The van der Waals surface area contributed by atoms with E-state index in [0.29, 0.717) is 23.1 Å². The number of aromatic nitrogens is 3. The highest BCUT2D eigenvalue weighted by Gasteiger charge is 2.34. The molecule has 0 saturated heterocycles. The molecule has 0 aliphatic carbocycles. The molecule has 1 unspecified atom stereocenters. The minimum absolute atomic E-state index is 0.170. The van der Waals surface area contributed by atoms with Gasteiger partial charge in [-0.25, -0.2) is 9.37 Å². The lowest BCUT2D eigenvalue weighted by Gasteiger charge is -2.24. The Morgan fingerprint density at radius 2 is 2.13 bits per heavy atom. The summed E-state index contributed by atoms with van der Waals surface area (Å²) in [6.07, 6.45) is 0.179. The number of halogens is 1. The summed E-state index contributed by atoms with van der Waals surface area (Å²) >= 11 is 1.46. The highest BCUT2D eigenvalue weighted by molar-refractivity contribution is 7.20. The van der Waals surface area contributed by atoms with Crippen LogP contribution in [0.2, 0.25) is 0 Å². The number of benzene rings is 2. The molecule has 0 bridgehead atoms. The van der Waals surface area contributed by atoms with Crippen molar-refractivity contribution < 1.29 is 13.9 Å². The van der Waals surface area contributed by atoms with Crippen LogP contribution in [-0.2, 0) is 4.79 Å². The number of fused-ring (bicyclic) bond motifs is 2. The molecule has 0 saturated carbocycles. The molecule has 1 atom stereocenters. The normalized spacial score (nSPS) is 15.8. The molecule has 1 aliphatic heterocycles. The van der Waals surface area contributed by atoms with Crippen LogP contribution in [0.4, 0.5) is 10.2 Å². The predicted octanol–water partition coefficient (Wildman–Crippen LogP) is 4.80. The van der Waals surface area contributed by atoms with Gasteiger partial charge in [-0.1, -0.05) is 29.5 Å². The smallest absolute Gasteiger partial charge is 0.226 e. The lowest BCUT2D eigenvalue weighted by molar-refractivity contribution is -0.116. The molecule has 0 radical (unpaired) electrons. The third-order valence-electron chi connectivity index (χ3n) is 5.22. The number of thiazole rings is 1. The number of ether oxygens (including phenoxy) is 1. The standard InChI is InChI=1S/C22H19FN4O2S/c1-3-29-13-8-9-17-18(10-13)30-22(24-17)27-21-20(12(2)26-27)15(11-19(28)25-21)14-6-4-5-7-16(14)23/h4-10,15H,3,11H2,1-2H3,(H,25,28). The molecule has 2 aromatic carbocycles. The van der Waals surface area contributed by atoms with Crippen LogP contribution >= 0.6 is 11.3 Å². The SMILES string of the molecule is CCOc1ccc2nc(-n3nc(C)c4c3NC(=O)CC4c3ccccc3F)sc2c1. The van der Waals surface area contributed by atoms with Gasteiger partial charge in [-0.05, 0) is 43.7 Å². The van der Waals surface area contributed by atoms with Crippen LogP contribution in [0.1, 0.15) is 36.1 Å². The van der Waals surface area contributed by atoms with Gasteiger partial charge in [-0.15, -0.1) is 0 Å². The van der Waals surface area contributed by atoms with Gasteiger partial charge >= 0.3 is 0 Å². The molecule has 5 rings (SSSR count). The average molecular weight is 422 g/mol. The van der Waals surface area contributed by atoms with E-state index in [4.69, 9.17) is 4.74 Å². The Bertz CT molecular complexity index is 1280. The molecule has 3 heterocycles. The number of amides is 1. The first-order chi connectivity index (χ1) is 14.5. The fraction of sp³-hybridized carbons (Fsp3) is 0.227. The van der Waals surface area contributed by atoms with Gasteiger partial charge in [-0.3, -0.25) is 4.79 Å². The van der Waals surface area contributed by atoms with Crippen LogP contribution < -0.4 is 10.1 Å². The van der Waals surface area contributed by atoms with Gasteiger partial charge in [0.15, 0.2) is 0 Å². The average Bonchev–Trinajstić information content (AvgIpc) is 3.28. The third-order valence-corrected chi connectivity index (χ3v) is 6.22. The van der Waals surface area contributed by atoms with Crippen molar-refractivity contribution in [2.45, 2.75) is 26.2 Å². The molecule has 1 N–H and O–H groups in total. The molecular formula is C22H19FN4O2S. The van der Waals surface area contributed by atoms with Crippen molar-refractivity contribution in [3.05, 3.63) is 65.1 Å². The van der Waals surface area contributed by atoms with Crippen molar-refractivity contribution in [1.29, 1.82) is 0 Å². The van der Waals surface area contributed by atoms with Crippen molar-refractivity contribution in [2.75, 3.05) is 11.9 Å². The number of carbonyl (C=O) groups is 1. The molecule has 0 fully saturated rings. The summed E-state index contributed by atoms with van der Waals surface area (Å²) < 4.78 is 22.7. The molecule has 6 nitrogen and oxygen atoms in total. The summed E-state index contributed by atoms with van der Waals surface area (Å²) in [6, 6.07) is 12.3. The molecule has 2 aromatic heterocycles. The van der Waals surface area contributed by atoms with Gasteiger partial charge in [0.25, 0.3) is 0 Å². The highest BCUT2D eigenvalue weighted by Crippen LogP contribution is 2.41. The van der Waals surface area contributed by atoms with E-state index in [1.165, 1.54) is 17.4 Å². The van der Waals surface area contributed by atoms with E-state index in [9.17, 15) is 9.18 Å². The Morgan fingerprint density at radius 1 is 1.30 bits per heavy atom. The van der Waals surface area contributed by atoms with Crippen molar-refractivity contribution in [1.82, 2.24) is 14.8 Å². The van der Waals surface area contributed by atoms with Gasteiger partial charge in [0.2, 0.25) is 11.0 Å². The van der Waals surface area contributed by atoms with Crippen molar-refractivity contribution in [3.8, 4) is 10.9 Å². The minimum Gasteiger partial charge on any atom is -0.494 e. The second kappa shape index (κ2) is 7.21. The van der Waals surface area contributed by atoms with E-state index in [1.54, 1.807) is 22.9 Å². The number of rotatable bonds is 4. The van der Waals surface area contributed by atoms with E-state index in [0.717, 1.165) is 27.2 Å². The lowest BCUT2D eigenvalue weighted by atomic mass is 9.85. The number of nitrogens with zero attached hydrogens (tertiary/aromatic N) is 3. The van der Waals surface area contributed by atoms with Crippen LogP contribution in [-0.4, -0.2) is 27.3 Å². The first kappa shape index (κ1) is 18.7. The first-order valence-electron chi connectivity index (χ1n) is 9.72. The zero-order valence-corrected chi connectivity index (χ0v) is 17.3. The highest BCUT2D eigenvalue weighted by atomic mass is 32.1. The summed E-state index contributed by atoms with van der Waals surface area (Å²) in [5.74, 6) is 0.464. The quantitative estimate of drug-likeness (QED) is 0.513. The Morgan fingerprint density at radius 3 is 2.93 bits per heavy atom. The topological polar surface area (TPSA) is 69.0 Å². The zero-order chi connectivity index (χ0) is 20.8. The summed E-state index contributed by atoms with van der Waals surface area (Å²) in [4.78, 5) is 17.2. The van der Waals surface area contributed by atoms with Crippen LogP contribution in [0.25, 0.3) is 15.3 Å². The number of hydrogen-bond donors (Lipinski definition) is 1. The molecule has 30 heavy (non-hydrogen) atoms. The van der Waals surface area contributed by atoms with E-state index in [1.807, 2.05) is 32.0 Å². The molecular weight excluding hydrogens is 403 g/mol. The molecule has 8 heteroatoms. The number of hydrogen-bond acceptors (Lipinski definition) is 5. The van der Waals surface area contributed by atoms with Crippen molar-refractivity contribution >= 4 is 33.3 Å². The Balaban J connectivity index is 1.64. The first-order valence-corrected chi connectivity index (χ1v) is 10.5. The Hall–Kier alpha value is -3.26. The number of nitrogens with one attached hydrogen (secondary N) is 1. The van der Waals surface area contributed by atoms with Gasteiger partial charge < -0.3 is 10.1 Å². The van der Waals surface area contributed by atoms with Gasteiger partial charge in [0.05, 0.1) is 22.5 Å². The van der Waals surface area contributed by atoms with Crippen molar-refractivity contribution in [2.24, 2.45) is 0 Å². The van der Waals surface area contributed by atoms with Crippen LogP contribution in [0.3, 0.4) is 0 Å². The number of aryl methyl sites for hydroxylation is 1. The van der Waals surface area contributed by atoms with E-state index in [2.05, 4.69) is 15.4 Å². The van der Waals surface area contributed by atoms with E-state index in [-0.39, 0.29) is 24.1 Å². The summed E-state index contributed by atoms with van der Waals surface area (Å²) in [5.41, 5.74) is 2.90. The summed E-state index contributed by atoms with van der Waals surface area (Å²) in [5, 5.41) is 8.21. The second-order valence-electron chi connectivity index (χ2n) is 7.14. The van der Waals surface area contributed by atoms with Crippen LogP contribution in [0, 0.1) is 12.7 Å². The molecule has 0 spiro atoms. The molecule has 4 aromatic rings. The van der Waals surface area contributed by atoms with Crippen LogP contribution in [0.5, 0.6) is 5.75 Å². The summed E-state index contributed by atoms with van der Waals surface area (Å²) in [6.45, 7) is 4.41. The van der Waals surface area contributed by atoms with E-state index >= 15 is 0 Å². The monoisotopic (exact) mass is 422 g/mol. The van der Waals surface area contributed by atoms with Crippen molar-refractivity contribution in [3.63, 3.8) is 0 Å². The van der Waals surface area contributed by atoms with Crippen LogP contribution in [0.15, 0.2) is 42.5 Å². The van der Waals surface area contributed by atoms with Gasteiger partial charge in [0.1, 0.15) is 17.4 Å². The fourth-order valence-electron chi connectivity index (χ4n) is 3.95. The molecule has 1 amide bonds. The fourth-order valence-corrected chi connectivity index (χ4v) is 4.90. The Labute approximate surface area is 176 Å². The maximum absolute atomic E-state index is 14.5. The molecule has 1 aliphatic rings. The zero-order valence-electron chi connectivity index (χ0n) is 16.5. The van der Waals surface area contributed by atoms with E-state index < -0.39 is 0 Å². The maximum atomic E-state index is 14.5. The third kappa shape index (κ3) is 3.04. The lowest BCUT2D eigenvalue weighted by Crippen LogP contribution is -2.25. The predicted molar refractivity (Wildman–Crippen MR) is 114 cm³/mol. The number of carbonyl (C=O) groups excluding carboxylic acids is 1. The number of anilines is 1. The maximum Gasteiger partial charge on any atom is 0.226 e. The largest absolute Gasteiger partial charge is 0.494 e. The Kier molecular flexibility index (Phi) is 4.51. The second-order valence-corrected chi connectivity index (χ2v) is 8.15.